The molecule has 0 bridgehead atoms. The number of rotatable bonds is 4. The predicted octanol–water partition coefficient (Wildman–Crippen LogP) is 0.712. The Morgan fingerprint density at radius 3 is 3.08 bits per heavy atom. The molecule has 0 saturated carbocycles. The molecule has 0 aliphatic rings. The summed E-state index contributed by atoms with van der Waals surface area (Å²) < 4.78 is 0. The first kappa shape index (κ1) is 9.67. The zero-order chi connectivity index (χ0) is 9.52. The van der Waals surface area contributed by atoms with Gasteiger partial charge in [0, 0.05) is 13.1 Å². The normalized spacial score (nSPS) is 10.6. The van der Waals surface area contributed by atoms with E-state index in [1.165, 1.54) is 0 Å². The largest absolute Gasteiger partial charge is 0.365 e. The summed E-state index contributed by atoms with van der Waals surface area (Å²) in [6, 6.07) is 1.95. The molecule has 70 valence electrons. The van der Waals surface area contributed by atoms with E-state index in [1.54, 1.807) is 6.20 Å². The summed E-state index contributed by atoms with van der Waals surface area (Å²) in [5, 5.41) is 10.8. The topological polar surface area (TPSA) is 63.8 Å². The Morgan fingerprint density at radius 2 is 2.38 bits per heavy atom. The minimum Gasteiger partial charge on any atom is -0.365 e. The Hall–Kier alpha value is -1.42. The lowest BCUT2D eigenvalue weighted by molar-refractivity contribution is 1.01. The number of aromatic nitrogens is 2. The summed E-state index contributed by atoms with van der Waals surface area (Å²) >= 11 is 0. The van der Waals surface area contributed by atoms with Gasteiger partial charge in [-0.05, 0) is 18.6 Å². The Morgan fingerprint density at radius 1 is 1.54 bits per heavy atom. The van der Waals surface area contributed by atoms with E-state index < -0.39 is 0 Å². The van der Waals surface area contributed by atoms with Gasteiger partial charge in [-0.15, -0.1) is 5.10 Å². The highest BCUT2D eigenvalue weighted by Crippen LogP contribution is 2.01. The second-order valence-corrected chi connectivity index (χ2v) is 2.71. The number of nitrogens with one attached hydrogen (secondary N) is 1. The molecule has 4 nitrogen and oxygen atoms in total. The van der Waals surface area contributed by atoms with Crippen LogP contribution in [-0.2, 0) is 0 Å². The van der Waals surface area contributed by atoms with Gasteiger partial charge in [-0.3, -0.25) is 0 Å². The van der Waals surface area contributed by atoms with Gasteiger partial charge in [-0.1, -0.05) is 12.2 Å². The number of nitrogens with two attached hydrogens (primary N) is 1. The van der Waals surface area contributed by atoms with E-state index in [9.17, 15) is 0 Å². The average Bonchev–Trinajstić information content (AvgIpc) is 2.13. The van der Waals surface area contributed by atoms with Gasteiger partial charge in [0.05, 0.1) is 6.20 Å². The Bertz CT molecular complexity index is 283. The van der Waals surface area contributed by atoms with Crippen LogP contribution in [-0.4, -0.2) is 23.3 Å². The summed E-state index contributed by atoms with van der Waals surface area (Å²) in [5.41, 5.74) is 6.39. The van der Waals surface area contributed by atoms with Crippen molar-refractivity contribution in [2.24, 2.45) is 5.73 Å². The van der Waals surface area contributed by atoms with Gasteiger partial charge in [0.1, 0.15) is 5.82 Å². The van der Waals surface area contributed by atoms with E-state index in [4.69, 9.17) is 5.73 Å². The molecule has 0 unspecified atom stereocenters. The molecule has 1 heterocycles. The second kappa shape index (κ2) is 5.27. The maximum atomic E-state index is 5.29. The molecule has 1 aromatic rings. The van der Waals surface area contributed by atoms with E-state index in [0.29, 0.717) is 6.54 Å². The molecule has 3 N–H and O–H groups in total. The van der Waals surface area contributed by atoms with E-state index in [1.807, 2.05) is 25.1 Å². The van der Waals surface area contributed by atoms with Crippen LogP contribution in [0.3, 0.4) is 0 Å². The van der Waals surface area contributed by atoms with Crippen LogP contribution in [0.4, 0.5) is 5.82 Å². The van der Waals surface area contributed by atoms with E-state index in [0.717, 1.165) is 17.9 Å². The van der Waals surface area contributed by atoms with Crippen LogP contribution >= 0.6 is 0 Å². The van der Waals surface area contributed by atoms with Crippen LogP contribution in [0.1, 0.15) is 5.56 Å². The number of hydrogen-bond acceptors (Lipinski definition) is 4. The van der Waals surface area contributed by atoms with Gasteiger partial charge in [0.15, 0.2) is 0 Å². The highest BCUT2D eigenvalue weighted by Gasteiger charge is 1.91. The van der Waals surface area contributed by atoms with Crippen molar-refractivity contribution in [1.29, 1.82) is 0 Å². The quantitative estimate of drug-likeness (QED) is 0.666. The third-order valence-corrected chi connectivity index (χ3v) is 1.50. The first-order valence-electron chi connectivity index (χ1n) is 4.21. The smallest absolute Gasteiger partial charge is 0.149 e. The summed E-state index contributed by atoms with van der Waals surface area (Å²) in [6.07, 6.45) is 5.58. The lowest BCUT2D eigenvalue weighted by Crippen LogP contribution is -2.02. The minimum absolute atomic E-state index is 0.571. The molecule has 0 atom stereocenters. The molecule has 0 radical (unpaired) electrons. The zero-order valence-corrected chi connectivity index (χ0v) is 7.70. The molecule has 0 spiro atoms. The molecule has 0 aromatic carbocycles. The number of aryl methyl sites for hydroxylation is 1. The summed E-state index contributed by atoms with van der Waals surface area (Å²) in [6.45, 7) is 3.28. The Kier molecular flexibility index (Phi) is 3.92. The summed E-state index contributed by atoms with van der Waals surface area (Å²) in [4.78, 5) is 0. The van der Waals surface area contributed by atoms with Gasteiger partial charge in [-0.2, -0.15) is 5.10 Å². The fourth-order valence-corrected chi connectivity index (χ4v) is 0.893. The highest BCUT2D eigenvalue weighted by molar-refractivity contribution is 5.35. The average molecular weight is 178 g/mol. The van der Waals surface area contributed by atoms with E-state index >= 15 is 0 Å². The van der Waals surface area contributed by atoms with Crippen LogP contribution in [0.15, 0.2) is 24.4 Å². The van der Waals surface area contributed by atoms with Crippen molar-refractivity contribution < 1.29 is 0 Å². The molecule has 0 amide bonds. The van der Waals surface area contributed by atoms with Crippen LogP contribution in [0, 0.1) is 6.92 Å². The molecule has 13 heavy (non-hydrogen) atoms. The zero-order valence-electron chi connectivity index (χ0n) is 7.70. The van der Waals surface area contributed by atoms with E-state index in [-0.39, 0.29) is 0 Å². The fraction of sp³-hybridized carbons (Fsp3) is 0.333. The van der Waals surface area contributed by atoms with Crippen LogP contribution in [0.5, 0.6) is 0 Å². The molecule has 0 saturated heterocycles. The lowest BCUT2D eigenvalue weighted by Gasteiger charge is -2.00. The SMILES string of the molecule is Cc1cnnc(NC/C=C/CN)c1. The van der Waals surface area contributed by atoms with Gasteiger partial charge in [0.25, 0.3) is 0 Å². The molecule has 0 aliphatic heterocycles. The van der Waals surface area contributed by atoms with Crippen molar-refractivity contribution in [2.75, 3.05) is 18.4 Å². The van der Waals surface area contributed by atoms with Crippen molar-refractivity contribution in [2.45, 2.75) is 6.92 Å². The Labute approximate surface area is 77.9 Å². The van der Waals surface area contributed by atoms with Crippen molar-refractivity contribution >= 4 is 5.82 Å². The van der Waals surface area contributed by atoms with Gasteiger partial charge in [0.2, 0.25) is 0 Å². The molecule has 0 fully saturated rings. The fourth-order valence-electron chi connectivity index (χ4n) is 0.893. The van der Waals surface area contributed by atoms with Gasteiger partial charge >= 0.3 is 0 Å². The van der Waals surface area contributed by atoms with Crippen LogP contribution in [0.25, 0.3) is 0 Å². The van der Waals surface area contributed by atoms with Crippen molar-refractivity contribution in [3.63, 3.8) is 0 Å². The number of hydrogen-bond donors (Lipinski definition) is 2. The van der Waals surface area contributed by atoms with Crippen LogP contribution < -0.4 is 11.1 Å². The number of anilines is 1. The van der Waals surface area contributed by atoms with Crippen LogP contribution in [0.2, 0.25) is 0 Å². The maximum absolute atomic E-state index is 5.29. The monoisotopic (exact) mass is 178 g/mol. The summed E-state index contributed by atoms with van der Waals surface area (Å²) in [5.74, 6) is 0.793. The molecule has 0 aliphatic carbocycles. The molecular weight excluding hydrogens is 164 g/mol. The highest BCUT2D eigenvalue weighted by atomic mass is 15.2. The van der Waals surface area contributed by atoms with Crippen molar-refractivity contribution in [1.82, 2.24) is 10.2 Å². The molecular formula is C9H14N4. The first-order chi connectivity index (χ1) is 6.33. The van der Waals surface area contributed by atoms with Gasteiger partial charge < -0.3 is 11.1 Å². The van der Waals surface area contributed by atoms with Crippen molar-refractivity contribution in [3.05, 3.63) is 30.0 Å². The molecule has 1 rings (SSSR count). The standard InChI is InChI=1S/C9H14N4/c1-8-6-9(13-12-7-8)11-5-3-2-4-10/h2-3,6-7H,4-5,10H2,1H3,(H,11,13)/b3-2+. The number of nitrogens with zero attached hydrogens (tertiary/aromatic N) is 2. The Balaban J connectivity index is 2.41. The molecule has 4 heteroatoms. The minimum atomic E-state index is 0.571. The molecule has 1 aromatic heterocycles. The predicted molar refractivity (Wildman–Crippen MR) is 53.5 cm³/mol. The third-order valence-electron chi connectivity index (χ3n) is 1.50. The van der Waals surface area contributed by atoms with Gasteiger partial charge in [-0.25, -0.2) is 0 Å². The van der Waals surface area contributed by atoms with Crippen molar-refractivity contribution in [3.8, 4) is 0 Å². The maximum Gasteiger partial charge on any atom is 0.149 e. The summed E-state index contributed by atoms with van der Waals surface area (Å²) in [7, 11) is 0. The second-order valence-electron chi connectivity index (χ2n) is 2.71. The first-order valence-corrected chi connectivity index (χ1v) is 4.21. The lowest BCUT2D eigenvalue weighted by atomic mass is 10.3. The third kappa shape index (κ3) is 3.66. The van der Waals surface area contributed by atoms with E-state index in [2.05, 4.69) is 15.5 Å².